The van der Waals surface area contributed by atoms with Crippen LogP contribution >= 0.6 is 0 Å². The van der Waals surface area contributed by atoms with Crippen molar-refractivity contribution in [2.75, 3.05) is 5.32 Å². The van der Waals surface area contributed by atoms with Gasteiger partial charge < -0.3 is 14.2 Å². The van der Waals surface area contributed by atoms with Crippen LogP contribution in [0.3, 0.4) is 0 Å². The van der Waals surface area contributed by atoms with E-state index in [1.165, 1.54) is 6.26 Å². The molecule has 0 radical (unpaired) electrons. The second kappa shape index (κ2) is 5.50. The van der Waals surface area contributed by atoms with Crippen molar-refractivity contribution in [1.29, 1.82) is 0 Å². The van der Waals surface area contributed by atoms with E-state index in [2.05, 4.69) is 5.32 Å². The maximum atomic E-state index is 12.3. The van der Waals surface area contributed by atoms with Crippen LogP contribution in [0.15, 0.2) is 82.0 Å². The summed E-state index contributed by atoms with van der Waals surface area (Å²) in [5, 5.41) is 4.87. The minimum absolute atomic E-state index is 0.275. The summed E-state index contributed by atoms with van der Waals surface area (Å²) in [6.07, 6.45) is 3.12. The zero-order valence-electron chi connectivity index (χ0n) is 12.2. The number of nitrogens with one attached hydrogen (secondary N) is 1. The third-order valence-electron chi connectivity index (χ3n) is 3.68. The molecule has 0 fully saturated rings. The van der Waals surface area contributed by atoms with E-state index in [1.807, 2.05) is 48.5 Å². The van der Waals surface area contributed by atoms with Gasteiger partial charge >= 0.3 is 0 Å². The first-order chi connectivity index (χ1) is 11.3. The third-order valence-corrected chi connectivity index (χ3v) is 3.68. The van der Waals surface area contributed by atoms with Crippen molar-refractivity contribution in [2.24, 2.45) is 0 Å². The van der Waals surface area contributed by atoms with Crippen LogP contribution in [0.2, 0.25) is 0 Å². The summed E-state index contributed by atoms with van der Waals surface area (Å²) in [5.41, 5.74) is 1.65. The van der Waals surface area contributed by atoms with E-state index in [1.54, 1.807) is 18.4 Å². The van der Waals surface area contributed by atoms with Crippen molar-refractivity contribution >= 4 is 22.4 Å². The van der Waals surface area contributed by atoms with Gasteiger partial charge in [-0.3, -0.25) is 4.79 Å². The molecule has 0 aliphatic carbocycles. The molecule has 0 atom stereocenters. The first-order valence-corrected chi connectivity index (χ1v) is 7.23. The summed E-state index contributed by atoms with van der Waals surface area (Å²) < 4.78 is 10.7. The molecule has 0 saturated heterocycles. The molecule has 0 bridgehead atoms. The normalized spacial score (nSPS) is 10.8. The molecule has 0 spiro atoms. The number of hydrogen-bond donors (Lipinski definition) is 1. The molecule has 23 heavy (non-hydrogen) atoms. The minimum Gasteiger partial charge on any atom is -0.464 e. The molecule has 4 aromatic rings. The van der Waals surface area contributed by atoms with Crippen molar-refractivity contribution in [1.82, 2.24) is 0 Å². The van der Waals surface area contributed by atoms with E-state index in [9.17, 15) is 4.79 Å². The molecule has 0 unspecified atom stereocenters. The Morgan fingerprint density at radius 2 is 1.61 bits per heavy atom. The number of rotatable bonds is 3. The molecule has 0 saturated carbocycles. The highest BCUT2D eigenvalue weighted by molar-refractivity contribution is 6.11. The number of carbonyl (C=O) groups excluding carboxylic acids is 1. The molecule has 1 amide bonds. The first kappa shape index (κ1) is 13.4. The zero-order valence-corrected chi connectivity index (χ0v) is 12.2. The van der Waals surface area contributed by atoms with Crippen molar-refractivity contribution in [2.45, 2.75) is 0 Å². The molecule has 2 aromatic heterocycles. The van der Waals surface area contributed by atoms with Gasteiger partial charge in [-0.05, 0) is 35.7 Å². The van der Waals surface area contributed by atoms with Gasteiger partial charge in [0.2, 0.25) is 0 Å². The van der Waals surface area contributed by atoms with Crippen molar-refractivity contribution in [3.63, 3.8) is 0 Å². The van der Waals surface area contributed by atoms with E-state index in [0.29, 0.717) is 0 Å². The smallest absolute Gasteiger partial charge is 0.291 e. The van der Waals surface area contributed by atoms with Gasteiger partial charge in [0, 0.05) is 16.6 Å². The van der Waals surface area contributed by atoms with Crippen LogP contribution in [0.25, 0.3) is 22.1 Å². The van der Waals surface area contributed by atoms with Gasteiger partial charge in [0.05, 0.1) is 12.5 Å². The Balaban J connectivity index is 1.85. The molecule has 1 N–H and O–H groups in total. The molecular formula is C19H13NO3. The summed E-state index contributed by atoms with van der Waals surface area (Å²) in [4.78, 5) is 12.3. The molecule has 0 aliphatic rings. The maximum Gasteiger partial charge on any atom is 0.291 e. The van der Waals surface area contributed by atoms with Crippen LogP contribution in [0.1, 0.15) is 10.6 Å². The lowest BCUT2D eigenvalue weighted by atomic mass is 10.0. The molecule has 4 heteroatoms. The summed E-state index contributed by atoms with van der Waals surface area (Å²) >= 11 is 0. The van der Waals surface area contributed by atoms with E-state index < -0.39 is 0 Å². The number of furan rings is 2. The number of anilines is 1. The fourth-order valence-electron chi connectivity index (χ4n) is 2.67. The lowest BCUT2D eigenvalue weighted by Crippen LogP contribution is -2.11. The molecule has 4 rings (SSSR count). The Bertz CT molecular complexity index is 948. The average Bonchev–Trinajstić information content (AvgIpc) is 3.28. The number of amides is 1. The Morgan fingerprint density at radius 1 is 0.826 bits per heavy atom. The number of carbonyl (C=O) groups is 1. The molecule has 2 aromatic carbocycles. The summed E-state index contributed by atoms with van der Waals surface area (Å²) in [7, 11) is 0. The number of fused-ring (bicyclic) bond motifs is 1. The topological polar surface area (TPSA) is 55.4 Å². The minimum atomic E-state index is -0.281. The Hall–Kier alpha value is -3.27. The summed E-state index contributed by atoms with van der Waals surface area (Å²) in [6.45, 7) is 0. The van der Waals surface area contributed by atoms with Gasteiger partial charge in [-0.15, -0.1) is 0 Å². The standard InChI is InChI=1S/C19H13NO3/c21-19(17-10-4-12-23-17)20-15-8-2-6-13-5-1-7-14(18(13)15)16-9-3-11-22-16/h1-12H,(H,20,21). The molecule has 112 valence electrons. The van der Waals surface area contributed by atoms with Crippen molar-refractivity contribution in [3.05, 3.63) is 79.0 Å². The van der Waals surface area contributed by atoms with Crippen LogP contribution in [0.4, 0.5) is 5.69 Å². The monoisotopic (exact) mass is 303 g/mol. The predicted molar refractivity (Wildman–Crippen MR) is 88.3 cm³/mol. The lowest BCUT2D eigenvalue weighted by Gasteiger charge is -2.11. The van der Waals surface area contributed by atoms with Gasteiger partial charge in [-0.1, -0.05) is 30.3 Å². The van der Waals surface area contributed by atoms with E-state index in [-0.39, 0.29) is 11.7 Å². The highest BCUT2D eigenvalue weighted by atomic mass is 16.3. The lowest BCUT2D eigenvalue weighted by molar-refractivity contribution is 0.0997. The van der Waals surface area contributed by atoms with Crippen molar-refractivity contribution < 1.29 is 13.6 Å². The Kier molecular flexibility index (Phi) is 3.20. The maximum absolute atomic E-state index is 12.3. The third kappa shape index (κ3) is 2.40. The van der Waals surface area contributed by atoms with Crippen molar-refractivity contribution in [3.8, 4) is 11.3 Å². The number of benzene rings is 2. The van der Waals surface area contributed by atoms with Crippen LogP contribution in [-0.4, -0.2) is 5.91 Å². The second-order valence-corrected chi connectivity index (χ2v) is 5.12. The fraction of sp³-hybridized carbons (Fsp3) is 0. The molecule has 4 nitrogen and oxygen atoms in total. The quantitative estimate of drug-likeness (QED) is 0.583. The van der Waals surface area contributed by atoms with Crippen LogP contribution in [-0.2, 0) is 0 Å². The van der Waals surface area contributed by atoms with E-state index in [4.69, 9.17) is 8.83 Å². The summed E-state index contributed by atoms with van der Waals surface area (Å²) in [6, 6.07) is 18.8. The average molecular weight is 303 g/mol. The van der Waals surface area contributed by atoms with Crippen LogP contribution in [0, 0.1) is 0 Å². The largest absolute Gasteiger partial charge is 0.464 e. The highest BCUT2D eigenvalue weighted by Crippen LogP contribution is 2.34. The van der Waals surface area contributed by atoms with Gasteiger partial charge in [0.1, 0.15) is 5.76 Å². The van der Waals surface area contributed by atoms with Crippen LogP contribution in [0.5, 0.6) is 0 Å². The fourth-order valence-corrected chi connectivity index (χ4v) is 2.67. The Labute approximate surface area is 132 Å². The molecular weight excluding hydrogens is 290 g/mol. The molecule has 0 aliphatic heterocycles. The van der Waals surface area contributed by atoms with Gasteiger partial charge in [0.15, 0.2) is 5.76 Å². The SMILES string of the molecule is O=C(Nc1cccc2cccc(-c3ccco3)c12)c1ccco1. The second-order valence-electron chi connectivity index (χ2n) is 5.12. The summed E-state index contributed by atoms with van der Waals surface area (Å²) in [5.74, 6) is 0.754. The molecule has 2 heterocycles. The van der Waals surface area contributed by atoms with E-state index in [0.717, 1.165) is 27.8 Å². The van der Waals surface area contributed by atoms with E-state index >= 15 is 0 Å². The van der Waals surface area contributed by atoms with Gasteiger partial charge in [-0.2, -0.15) is 0 Å². The Morgan fingerprint density at radius 3 is 2.35 bits per heavy atom. The first-order valence-electron chi connectivity index (χ1n) is 7.23. The van der Waals surface area contributed by atoms with Gasteiger partial charge in [0.25, 0.3) is 5.91 Å². The van der Waals surface area contributed by atoms with Crippen LogP contribution < -0.4 is 5.32 Å². The highest BCUT2D eigenvalue weighted by Gasteiger charge is 2.14. The predicted octanol–water partition coefficient (Wildman–Crippen LogP) is 4.95. The number of hydrogen-bond acceptors (Lipinski definition) is 3. The zero-order chi connectivity index (χ0) is 15.6. The van der Waals surface area contributed by atoms with Gasteiger partial charge in [-0.25, -0.2) is 0 Å².